The molecule has 9 nitrogen and oxygen atoms in total. The minimum Gasteiger partial charge on any atom is -0.441 e. The molecule has 2 aliphatic heterocycles. The Morgan fingerprint density at radius 1 is 1.23 bits per heavy atom. The Morgan fingerprint density at radius 2 is 2.03 bits per heavy atom. The van der Waals surface area contributed by atoms with Crippen molar-refractivity contribution in [3.05, 3.63) is 47.8 Å². The number of hydrogen-bond donors (Lipinski definition) is 2. The Bertz CT molecular complexity index is 1000. The number of ether oxygens (including phenoxy) is 3. The maximum atomic E-state index is 12.3. The fraction of sp³-hybridized carbons (Fsp3) is 0.455. The van der Waals surface area contributed by atoms with Crippen molar-refractivity contribution in [2.75, 3.05) is 23.8 Å². The summed E-state index contributed by atoms with van der Waals surface area (Å²) in [5.74, 6) is 0.518. The van der Waals surface area contributed by atoms with E-state index < -0.39 is 12.2 Å². The largest absolute Gasteiger partial charge is 0.441 e. The topological polar surface area (TPSA) is 118 Å². The number of rotatable bonds is 4. The number of anilines is 2. The van der Waals surface area contributed by atoms with Gasteiger partial charge in [0.05, 0.1) is 36.6 Å². The van der Waals surface area contributed by atoms with Gasteiger partial charge >= 0.3 is 6.09 Å². The van der Waals surface area contributed by atoms with Gasteiger partial charge in [0.1, 0.15) is 12.2 Å². The summed E-state index contributed by atoms with van der Waals surface area (Å²) in [5, 5.41) is 14.9. The number of carbonyl (C=O) groups is 1. The monoisotopic (exact) mass is 423 g/mol. The van der Waals surface area contributed by atoms with E-state index in [-0.39, 0.29) is 30.3 Å². The first-order valence-electron chi connectivity index (χ1n) is 10.1. The van der Waals surface area contributed by atoms with Crippen LogP contribution in [0.2, 0.25) is 0 Å². The van der Waals surface area contributed by atoms with Crippen molar-refractivity contribution < 1.29 is 19.0 Å². The zero-order chi connectivity index (χ0) is 22.0. The van der Waals surface area contributed by atoms with Gasteiger partial charge in [-0.2, -0.15) is 5.26 Å². The lowest BCUT2D eigenvalue weighted by Crippen LogP contribution is -2.38. The summed E-state index contributed by atoms with van der Waals surface area (Å²) in [7, 11) is 0. The molecule has 0 unspecified atom stereocenters. The molecule has 1 amide bonds. The average Bonchev–Trinajstić information content (AvgIpc) is 3.31. The number of fused-ring (bicyclic) bond motifs is 1. The number of nitrogens with zero attached hydrogens (tertiary/aromatic N) is 3. The van der Waals surface area contributed by atoms with Gasteiger partial charge in [0.15, 0.2) is 6.10 Å². The molecule has 0 aliphatic carbocycles. The molecule has 3 heterocycles. The van der Waals surface area contributed by atoms with Crippen molar-refractivity contribution in [3.8, 4) is 6.07 Å². The molecule has 2 fully saturated rings. The van der Waals surface area contributed by atoms with Crippen LogP contribution in [0, 0.1) is 11.3 Å². The zero-order valence-corrected chi connectivity index (χ0v) is 17.7. The number of aromatic nitrogens is 2. The predicted molar refractivity (Wildman–Crippen MR) is 113 cm³/mol. The molecule has 1 aromatic heterocycles. The fourth-order valence-corrected chi connectivity index (χ4v) is 3.65. The number of carbonyl (C=O) groups excluding carboxylic acids is 1. The Morgan fingerprint density at radius 3 is 2.81 bits per heavy atom. The first kappa shape index (κ1) is 21.0. The number of nitrogens with one attached hydrogen (secondary N) is 2. The van der Waals surface area contributed by atoms with Gasteiger partial charge in [-0.1, -0.05) is 26.8 Å². The van der Waals surface area contributed by atoms with Gasteiger partial charge in [0.25, 0.3) is 0 Å². The summed E-state index contributed by atoms with van der Waals surface area (Å²) < 4.78 is 17.3. The summed E-state index contributed by atoms with van der Waals surface area (Å²) in [5.41, 5.74) is 1.79. The van der Waals surface area contributed by atoms with Crippen molar-refractivity contribution in [2.45, 2.75) is 50.5 Å². The Kier molecular flexibility index (Phi) is 5.76. The van der Waals surface area contributed by atoms with Crippen molar-refractivity contribution >= 4 is 17.7 Å². The normalized spacial score (nSPS) is 24.8. The summed E-state index contributed by atoms with van der Waals surface area (Å²) in [6.45, 7) is 6.92. The number of hydrogen-bond acceptors (Lipinski definition) is 8. The summed E-state index contributed by atoms with van der Waals surface area (Å²) in [4.78, 5) is 21.2. The van der Waals surface area contributed by atoms with Crippen molar-refractivity contribution in [1.82, 2.24) is 9.97 Å². The zero-order valence-electron chi connectivity index (χ0n) is 17.7. The van der Waals surface area contributed by atoms with Crippen molar-refractivity contribution in [1.29, 1.82) is 5.26 Å². The third-order valence-electron chi connectivity index (χ3n) is 5.24. The molecule has 1 aromatic carbocycles. The smallest absolute Gasteiger partial charge is 0.412 e. The molecule has 2 N–H and O–H groups in total. The van der Waals surface area contributed by atoms with E-state index in [1.165, 1.54) is 0 Å². The van der Waals surface area contributed by atoms with E-state index in [9.17, 15) is 4.79 Å². The van der Waals surface area contributed by atoms with Crippen LogP contribution < -0.4 is 10.6 Å². The average molecular weight is 423 g/mol. The molecule has 31 heavy (non-hydrogen) atoms. The highest BCUT2D eigenvalue weighted by Crippen LogP contribution is 2.31. The van der Waals surface area contributed by atoms with Gasteiger partial charge in [-0.3, -0.25) is 5.32 Å². The number of nitriles is 1. The van der Waals surface area contributed by atoms with Crippen LogP contribution in [0.15, 0.2) is 36.5 Å². The van der Waals surface area contributed by atoms with Gasteiger partial charge in [-0.15, -0.1) is 0 Å². The SMILES string of the molecule is CC(C)(C)c1ccnc(N[C@@H]2CO[C@@H]3[C@@H]2OC[C@H]3OC(=O)Nc2cccc(C#N)c2)n1. The molecule has 4 rings (SSSR count). The molecule has 0 radical (unpaired) electrons. The van der Waals surface area contributed by atoms with E-state index in [1.54, 1.807) is 30.5 Å². The minimum atomic E-state index is -0.620. The Labute approximate surface area is 180 Å². The predicted octanol–water partition coefficient (Wildman–Crippen LogP) is 2.84. The quantitative estimate of drug-likeness (QED) is 0.771. The van der Waals surface area contributed by atoms with Crippen LogP contribution in [0.1, 0.15) is 32.0 Å². The van der Waals surface area contributed by atoms with E-state index in [1.807, 2.05) is 12.1 Å². The van der Waals surface area contributed by atoms with Crippen LogP contribution in [0.4, 0.5) is 16.4 Å². The van der Waals surface area contributed by atoms with Crippen LogP contribution in [0.5, 0.6) is 0 Å². The standard InChI is InChI=1S/C22H25N5O4/c1-22(2,3)17-7-8-24-20(27-17)26-15-11-29-19-16(12-30-18(15)19)31-21(28)25-14-6-4-5-13(9-14)10-23/h4-9,15-16,18-19H,11-12H2,1-3H3,(H,25,28)(H,24,26,27)/t15-,16-,18-,19+/m1/s1. The van der Waals surface area contributed by atoms with Crippen LogP contribution in [-0.2, 0) is 19.6 Å². The second-order valence-corrected chi connectivity index (χ2v) is 8.62. The lowest BCUT2D eigenvalue weighted by molar-refractivity contribution is 0.00917. The maximum Gasteiger partial charge on any atom is 0.412 e. The first-order valence-corrected chi connectivity index (χ1v) is 10.1. The molecular formula is C22H25N5O4. The summed E-state index contributed by atoms with van der Waals surface area (Å²) >= 11 is 0. The molecule has 0 spiro atoms. The fourth-order valence-electron chi connectivity index (χ4n) is 3.65. The van der Waals surface area contributed by atoms with Crippen LogP contribution in [-0.4, -0.2) is 53.6 Å². The van der Waals surface area contributed by atoms with E-state index in [0.717, 1.165) is 5.69 Å². The van der Waals surface area contributed by atoms with E-state index in [4.69, 9.17) is 19.5 Å². The highest BCUT2D eigenvalue weighted by atomic mass is 16.6. The first-order chi connectivity index (χ1) is 14.8. The number of amides is 1. The van der Waals surface area contributed by atoms with E-state index in [0.29, 0.717) is 23.8 Å². The molecule has 0 bridgehead atoms. The molecule has 2 aromatic rings. The second-order valence-electron chi connectivity index (χ2n) is 8.62. The molecule has 4 atom stereocenters. The number of benzene rings is 1. The van der Waals surface area contributed by atoms with Crippen LogP contribution >= 0.6 is 0 Å². The molecule has 0 saturated carbocycles. The summed E-state index contributed by atoms with van der Waals surface area (Å²) in [6.07, 6.45) is -0.0690. The van der Waals surface area contributed by atoms with Gasteiger partial charge in [0.2, 0.25) is 5.95 Å². The van der Waals surface area contributed by atoms with E-state index in [2.05, 4.69) is 41.4 Å². The van der Waals surface area contributed by atoms with Crippen molar-refractivity contribution in [3.63, 3.8) is 0 Å². The molecule has 2 saturated heterocycles. The van der Waals surface area contributed by atoms with Crippen LogP contribution in [0.25, 0.3) is 0 Å². The van der Waals surface area contributed by atoms with Crippen molar-refractivity contribution in [2.24, 2.45) is 0 Å². The molecular weight excluding hydrogens is 398 g/mol. The third-order valence-corrected chi connectivity index (χ3v) is 5.24. The lowest BCUT2D eigenvalue weighted by atomic mass is 9.92. The maximum absolute atomic E-state index is 12.3. The summed E-state index contributed by atoms with van der Waals surface area (Å²) in [6, 6.07) is 10.4. The molecule has 9 heteroatoms. The van der Waals surface area contributed by atoms with E-state index >= 15 is 0 Å². The molecule has 162 valence electrons. The Balaban J connectivity index is 1.35. The lowest BCUT2D eigenvalue weighted by Gasteiger charge is -2.20. The van der Waals surface area contributed by atoms with Gasteiger partial charge in [-0.05, 0) is 24.3 Å². The third kappa shape index (κ3) is 4.76. The highest BCUT2D eigenvalue weighted by molar-refractivity contribution is 5.85. The van der Waals surface area contributed by atoms with Gasteiger partial charge < -0.3 is 19.5 Å². The second kappa shape index (κ2) is 8.49. The molecule has 2 aliphatic rings. The highest BCUT2D eigenvalue weighted by Gasteiger charge is 2.49. The minimum absolute atomic E-state index is 0.0863. The van der Waals surface area contributed by atoms with Gasteiger partial charge in [0, 0.05) is 17.3 Å². The van der Waals surface area contributed by atoms with Crippen LogP contribution in [0.3, 0.4) is 0 Å². The Hall–Kier alpha value is -3.22. The van der Waals surface area contributed by atoms with Gasteiger partial charge in [-0.25, -0.2) is 14.8 Å².